The fourth-order valence-corrected chi connectivity index (χ4v) is 3.14. The van der Waals surface area contributed by atoms with E-state index in [0.717, 1.165) is 5.56 Å². The molecule has 0 saturated heterocycles. The summed E-state index contributed by atoms with van der Waals surface area (Å²) in [6.45, 7) is 2.43. The molecule has 1 fully saturated rings. The van der Waals surface area contributed by atoms with Crippen LogP contribution in [0, 0.1) is 5.92 Å². The Kier molecular flexibility index (Phi) is 8.58. The number of urea groups is 1. The minimum Gasteiger partial charge on any atom is -0.482 e. The zero-order chi connectivity index (χ0) is 20.4. The number of carboxylic acid groups (broad SMARTS) is 1. The molecule has 1 saturated carbocycles. The van der Waals surface area contributed by atoms with E-state index >= 15 is 0 Å². The van der Waals surface area contributed by atoms with Crippen LogP contribution in [0.3, 0.4) is 0 Å². The van der Waals surface area contributed by atoms with Gasteiger partial charge in [-0.25, -0.2) is 9.59 Å². The second-order valence-electron chi connectivity index (χ2n) is 6.77. The number of amides is 2. The van der Waals surface area contributed by atoms with Crippen molar-refractivity contribution in [2.24, 2.45) is 5.92 Å². The Morgan fingerprint density at radius 3 is 2.39 bits per heavy atom. The van der Waals surface area contributed by atoms with Crippen LogP contribution in [0.15, 0.2) is 24.3 Å². The van der Waals surface area contributed by atoms with Crippen molar-refractivity contribution in [3.05, 3.63) is 29.8 Å². The molecule has 0 aromatic heterocycles. The second-order valence-corrected chi connectivity index (χ2v) is 6.77. The monoisotopic (exact) mass is 392 g/mol. The van der Waals surface area contributed by atoms with E-state index < -0.39 is 11.9 Å². The number of nitrogens with one attached hydrogen (secondary N) is 2. The van der Waals surface area contributed by atoms with Gasteiger partial charge in [-0.3, -0.25) is 4.79 Å². The van der Waals surface area contributed by atoms with Crippen molar-refractivity contribution in [1.82, 2.24) is 10.6 Å². The van der Waals surface area contributed by atoms with Gasteiger partial charge in [0.1, 0.15) is 5.75 Å². The van der Waals surface area contributed by atoms with Gasteiger partial charge in [0.15, 0.2) is 6.61 Å². The lowest BCUT2D eigenvalue weighted by atomic mass is 9.86. The Morgan fingerprint density at radius 1 is 1.11 bits per heavy atom. The lowest BCUT2D eigenvalue weighted by Gasteiger charge is -2.26. The van der Waals surface area contributed by atoms with Crippen LogP contribution in [0.4, 0.5) is 4.79 Å². The molecule has 2 rings (SSSR count). The third kappa shape index (κ3) is 7.46. The molecule has 1 aliphatic rings. The Morgan fingerprint density at radius 2 is 1.79 bits per heavy atom. The van der Waals surface area contributed by atoms with E-state index in [9.17, 15) is 14.4 Å². The van der Waals surface area contributed by atoms with Crippen LogP contribution < -0.4 is 15.4 Å². The van der Waals surface area contributed by atoms with E-state index in [1.54, 1.807) is 19.1 Å². The van der Waals surface area contributed by atoms with Gasteiger partial charge in [0.25, 0.3) is 0 Å². The number of aliphatic carboxylic acids is 1. The van der Waals surface area contributed by atoms with Gasteiger partial charge in [0, 0.05) is 12.6 Å². The van der Waals surface area contributed by atoms with Gasteiger partial charge in [0.05, 0.1) is 12.5 Å². The summed E-state index contributed by atoms with van der Waals surface area (Å²) in [7, 11) is 0. The summed E-state index contributed by atoms with van der Waals surface area (Å²) < 4.78 is 10.1. The second kappa shape index (κ2) is 11.2. The maximum atomic E-state index is 12.0. The zero-order valence-electron chi connectivity index (χ0n) is 16.1. The van der Waals surface area contributed by atoms with Crippen LogP contribution in [0.25, 0.3) is 0 Å². The zero-order valence-corrected chi connectivity index (χ0v) is 16.1. The summed E-state index contributed by atoms with van der Waals surface area (Å²) in [6, 6.07) is 7.12. The van der Waals surface area contributed by atoms with Crippen LogP contribution in [0.2, 0.25) is 0 Å². The molecule has 0 spiro atoms. The Hall–Kier alpha value is -2.77. The standard InChI is InChI=1S/C20H28N2O6/c1-2-27-18(23)13-28-17-9-3-14(4-10-17)11-12-21-20(26)22-16-7-5-15(6-8-16)19(24)25/h3-4,9-10,15-16H,2,5-8,11-13H2,1H3,(H,24,25)(H2,21,22,26). The summed E-state index contributed by atoms with van der Waals surface area (Å²) in [5.41, 5.74) is 1.03. The van der Waals surface area contributed by atoms with Crippen LogP contribution in [0.1, 0.15) is 38.2 Å². The molecule has 1 aromatic rings. The number of ether oxygens (including phenoxy) is 2. The molecule has 28 heavy (non-hydrogen) atoms. The molecule has 8 nitrogen and oxygen atoms in total. The maximum Gasteiger partial charge on any atom is 0.344 e. The molecule has 154 valence electrons. The van der Waals surface area contributed by atoms with Crippen LogP contribution in [0.5, 0.6) is 5.75 Å². The highest BCUT2D eigenvalue weighted by molar-refractivity contribution is 5.74. The van der Waals surface area contributed by atoms with Crippen molar-refractivity contribution in [2.75, 3.05) is 19.8 Å². The van der Waals surface area contributed by atoms with Gasteiger partial charge < -0.3 is 25.2 Å². The third-order valence-electron chi connectivity index (χ3n) is 4.70. The number of rotatable bonds is 9. The molecular weight excluding hydrogens is 364 g/mol. The van der Waals surface area contributed by atoms with E-state index in [1.807, 2.05) is 12.1 Å². The Balaban J connectivity index is 1.63. The van der Waals surface area contributed by atoms with E-state index in [2.05, 4.69) is 10.6 Å². The van der Waals surface area contributed by atoms with Crippen molar-refractivity contribution in [1.29, 1.82) is 0 Å². The molecule has 8 heteroatoms. The van der Waals surface area contributed by atoms with Crippen molar-refractivity contribution in [3.8, 4) is 5.75 Å². The van der Waals surface area contributed by atoms with Crippen LogP contribution >= 0.6 is 0 Å². The minimum absolute atomic E-state index is 0.0337. The molecular formula is C20H28N2O6. The van der Waals surface area contributed by atoms with Crippen molar-refractivity contribution >= 4 is 18.0 Å². The van der Waals surface area contributed by atoms with Crippen molar-refractivity contribution in [3.63, 3.8) is 0 Å². The Bertz CT molecular complexity index is 653. The number of hydrogen-bond donors (Lipinski definition) is 3. The molecule has 1 aliphatic carbocycles. The van der Waals surface area contributed by atoms with Crippen LogP contribution in [-0.2, 0) is 20.7 Å². The quantitative estimate of drug-likeness (QED) is 0.555. The maximum absolute atomic E-state index is 12.0. The summed E-state index contributed by atoms with van der Waals surface area (Å²) in [5.74, 6) is -0.858. The molecule has 0 aliphatic heterocycles. The predicted octanol–water partition coefficient (Wildman–Crippen LogP) is 2.11. The molecule has 2 amide bonds. The first-order valence-electron chi connectivity index (χ1n) is 9.62. The first-order valence-corrected chi connectivity index (χ1v) is 9.62. The molecule has 3 N–H and O–H groups in total. The third-order valence-corrected chi connectivity index (χ3v) is 4.70. The first kappa shape index (κ1) is 21.5. The highest BCUT2D eigenvalue weighted by atomic mass is 16.6. The fourth-order valence-electron chi connectivity index (χ4n) is 3.14. The fraction of sp³-hybridized carbons (Fsp3) is 0.550. The van der Waals surface area contributed by atoms with Gasteiger partial charge in [-0.15, -0.1) is 0 Å². The molecule has 0 radical (unpaired) electrons. The molecule has 0 bridgehead atoms. The highest BCUT2D eigenvalue weighted by Crippen LogP contribution is 2.24. The van der Waals surface area contributed by atoms with E-state index in [4.69, 9.17) is 14.6 Å². The predicted molar refractivity (Wildman–Crippen MR) is 102 cm³/mol. The molecule has 0 atom stereocenters. The van der Waals surface area contributed by atoms with Gasteiger partial charge in [-0.1, -0.05) is 12.1 Å². The van der Waals surface area contributed by atoms with Crippen LogP contribution in [-0.4, -0.2) is 48.9 Å². The SMILES string of the molecule is CCOC(=O)COc1ccc(CCNC(=O)NC2CCC(C(=O)O)CC2)cc1. The number of esters is 1. The van der Waals surface area contributed by atoms with Crippen molar-refractivity contribution < 1.29 is 29.0 Å². The average Bonchev–Trinajstić information content (AvgIpc) is 2.68. The largest absolute Gasteiger partial charge is 0.482 e. The van der Waals surface area contributed by atoms with Crippen molar-refractivity contribution in [2.45, 2.75) is 45.1 Å². The lowest BCUT2D eigenvalue weighted by Crippen LogP contribution is -2.44. The average molecular weight is 392 g/mol. The summed E-state index contributed by atoms with van der Waals surface area (Å²) in [4.78, 5) is 34.2. The van der Waals surface area contributed by atoms with E-state index in [1.165, 1.54) is 0 Å². The van der Waals surface area contributed by atoms with Gasteiger partial charge in [0.2, 0.25) is 0 Å². The number of benzene rings is 1. The van der Waals surface area contributed by atoms with Gasteiger partial charge >= 0.3 is 18.0 Å². The molecule has 0 unspecified atom stereocenters. The normalized spacial score (nSPS) is 18.8. The summed E-state index contributed by atoms with van der Waals surface area (Å²) in [5, 5.41) is 14.7. The topological polar surface area (TPSA) is 114 Å². The molecule has 1 aromatic carbocycles. The smallest absolute Gasteiger partial charge is 0.344 e. The Labute approximate surface area is 164 Å². The minimum atomic E-state index is -0.750. The van der Waals surface area contributed by atoms with E-state index in [-0.39, 0.29) is 24.6 Å². The molecule has 0 heterocycles. The number of carbonyl (C=O) groups excluding carboxylic acids is 2. The number of hydrogen-bond acceptors (Lipinski definition) is 5. The van der Waals surface area contributed by atoms with E-state index in [0.29, 0.717) is 51.0 Å². The summed E-state index contributed by atoms with van der Waals surface area (Å²) >= 11 is 0. The summed E-state index contributed by atoms with van der Waals surface area (Å²) in [6.07, 6.45) is 3.25. The van der Waals surface area contributed by atoms with Gasteiger partial charge in [-0.2, -0.15) is 0 Å². The van der Waals surface area contributed by atoms with Gasteiger partial charge in [-0.05, 0) is 56.7 Å². The number of carboxylic acids is 1. The number of carbonyl (C=O) groups is 3. The highest BCUT2D eigenvalue weighted by Gasteiger charge is 2.26. The lowest BCUT2D eigenvalue weighted by molar-refractivity contribution is -0.145. The first-order chi connectivity index (χ1) is 13.5.